The second-order valence-electron chi connectivity index (χ2n) is 4.72. The van der Waals surface area contributed by atoms with E-state index in [2.05, 4.69) is 5.32 Å². The summed E-state index contributed by atoms with van der Waals surface area (Å²) in [7, 11) is 2.89. The highest BCUT2D eigenvalue weighted by atomic mass is 32.1. The summed E-state index contributed by atoms with van der Waals surface area (Å²) >= 11 is 5.16. The van der Waals surface area contributed by atoms with Crippen molar-refractivity contribution in [1.29, 1.82) is 0 Å². The minimum absolute atomic E-state index is 0.0824. The van der Waals surface area contributed by atoms with E-state index < -0.39 is 0 Å². The van der Waals surface area contributed by atoms with Gasteiger partial charge in [-0.3, -0.25) is 9.69 Å². The number of carbonyl (C=O) groups excluding carboxylic acids is 1. The molecular weight excluding hydrogens is 304 g/mol. The quantitative estimate of drug-likeness (QED) is 0.637. The predicted octanol–water partition coefficient (Wildman–Crippen LogP) is 1.88. The maximum Gasteiger partial charge on any atom is 0.276 e. The number of hydrogen-bond donors (Lipinski definition) is 2. The molecule has 7 heteroatoms. The molecule has 1 amide bonds. The minimum Gasteiger partial charge on any atom is -0.502 e. The number of amides is 1. The van der Waals surface area contributed by atoms with Crippen LogP contribution in [0.2, 0.25) is 0 Å². The van der Waals surface area contributed by atoms with Crippen LogP contribution in [0.5, 0.6) is 17.2 Å². The van der Waals surface area contributed by atoms with Crippen LogP contribution in [0.1, 0.15) is 18.9 Å². The lowest BCUT2D eigenvalue weighted by atomic mass is 10.1. The summed E-state index contributed by atoms with van der Waals surface area (Å²) in [5, 5.41) is 13.2. The second kappa shape index (κ2) is 6.65. The van der Waals surface area contributed by atoms with Gasteiger partial charge in [-0.15, -0.1) is 0 Å². The van der Waals surface area contributed by atoms with Crippen LogP contribution in [0, 0.1) is 0 Å². The molecule has 0 radical (unpaired) electrons. The molecule has 1 aliphatic rings. The van der Waals surface area contributed by atoms with E-state index in [1.165, 1.54) is 19.1 Å². The van der Waals surface area contributed by atoms with Crippen molar-refractivity contribution in [3.8, 4) is 17.2 Å². The zero-order valence-electron chi connectivity index (χ0n) is 12.7. The van der Waals surface area contributed by atoms with Gasteiger partial charge in [-0.2, -0.15) is 0 Å². The Balaban J connectivity index is 2.37. The Morgan fingerprint density at radius 2 is 1.91 bits per heavy atom. The van der Waals surface area contributed by atoms with Crippen molar-refractivity contribution in [3.63, 3.8) is 0 Å². The summed E-state index contributed by atoms with van der Waals surface area (Å²) in [4.78, 5) is 13.8. The summed E-state index contributed by atoms with van der Waals surface area (Å²) in [5.74, 6) is 0.285. The molecule has 0 spiro atoms. The van der Waals surface area contributed by atoms with Gasteiger partial charge in [-0.25, -0.2) is 0 Å². The number of thiocarbonyl (C=S) groups is 1. The number of nitrogens with one attached hydrogen (secondary N) is 1. The number of ether oxygens (including phenoxy) is 2. The molecular formula is C15H18N2O4S. The first-order chi connectivity index (χ1) is 10.5. The number of phenols is 1. The van der Waals surface area contributed by atoms with Crippen molar-refractivity contribution in [1.82, 2.24) is 10.2 Å². The molecule has 118 valence electrons. The van der Waals surface area contributed by atoms with Crippen LogP contribution in [0.15, 0.2) is 17.8 Å². The summed E-state index contributed by atoms with van der Waals surface area (Å²) in [6.07, 6.45) is 2.47. The van der Waals surface area contributed by atoms with Crippen molar-refractivity contribution >= 4 is 29.3 Å². The van der Waals surface area contributed by atoms with Gasteiger partial charge in [0, 0.05) is 6.54 Å². The Bertz CT molecular complexity index is 617. The molecule has 0 aromatic heterocycles. The first-order valence-corrected chi connectivity index (χ1v) is 7.22. The van der Waals surface area contributed by atoms with Crippen LogP contribution in [0.3, 0.4) is 0 Å². The van der Waals surface area contributed by atoms with Gasteiger partial charge < -0.3 is 19.9 Å². The molecule has 2 N–H and O–H groups in total. The average Bonchev–Trinajstić information content (AvgIpc) is 2.76. The third-order valence-corrected chi connectivity index (χ3v) is 3.55. The van der Waals surface area contributed by atoms with Crippen molar-refractivity contribution in [2.75, 3.05) is 20.8 Å². The fourth-order valence-electron chi connectivity index (χ4n) is 2.16. The highest BCUT2D eigenvalue weighted by Crippen LogP contribution is 2.37. The standard InChI is InChI=1S/C15H18N2O4S/c1-4-5-17-14(19)10(16-15(17)22)6-9-7-11(20-2)13(18)12(8-9)21-3/h6-8,18H,4-5H2,1-3H3,(H,16,22)/b10-6+. The third kappa shape index (κ3) is 2.99. The van der Waals surface area contributed by atoms with Gasteiger partial charge in [0.15, 0.2) is 16.6 Å². The Labute approximate surface area is 134 Å². The molecule has 1 aromatic rings. The SMILES string of the molecule is CCCN1C(=O)/C(=C\c2cc(OC)c(O)c(OC)c2)NC1=S. The van der Waals surface area contributed by atoms with Gasteiger partial charge >= 0.3 is 0 Å². The van der Waals surface area contributed by atoms with Crippen LogP contribution < -0.4 is 14.8 Å². The Morgan fingerprint density at radius 1 is 1.32 bits per heavy atom. The first kappa shape index (κ1) is 16.1. The number of carbonyl (C=O) groups is 1. The highest BCUT2D eigenvalue weighted by Gasteiger charge is 2.29. The zero-order chi connectivity index (χ0) is 16.3. The van der Waals surface area contributed by atoms with Crippen molar-refractivity contribution in [3.05, 3.63) is 23.4 Å². The van der Waals surface area contributed by atoms with E-state index in [0.29, 0.717) is 22.9 Å². The van der Waals surface area contributed by atoms with Crippen LogP contribution in [-0.2, 0) is 4.79 Å². The van der Waals surface area contributed by atoms with Gasteiger partial charge in [0.05, 0.1) is 14.2 Å². The molecule has 1 aromatic carbocycles. The minimum atomic E-state index is -0.169. The molecule has 2 rings (SSSR count). The fourth-order valence-corrected chi connectivity index (χ4v) is 2.45. The van der Waals surface area contributed by atoms with Crippen molar-refractivity contribution in [2.45, 2.75) is 13.3 Å². The maximum atomic E-state index is 12.3. The Morgan fingerprint density at radius 3 is 2.41 bits per heavy atom. The number of methoxy groups -OCH3 is 2. The van der Waals surface area contributed by atoms with E-state index in [1.54, 1.807) is 18.2 Å². The topological polar surface area (TPSA) is 71.0 Å². The smallest absolute Gasteiger partial charge is 0.276 e. The van der Waals surface area contributed by atoms with E-state index >= 15 is 0 Å². The first-order valence-electron chi connectivity index (χ1n) is 6.81. The maximum absolute atomic E-state index is 12.3. The highest BCUT2D eigenvalue weighted by molar-refractivity contribution is 7.80. The van der Waals surface area contributed by atoms with Crippen LogP contribution >= 0.6 is 12.2 Å². The largest absolute Gasteiger partial charge is 0.502 e. The molecule has 0 atom stereocenters. The molecule has 22 heavy (non-hydrogen) atoms. The number of phenolic OH excluding ortho intramolecular Hbond substituents is 1. The lowest BCUT2D eigenvalue weighted by Gasteiger charge is -2.11. The van der Waals surface area contributed by atoms with E-state index in [-0.39, 0.29) is 23.2 Å². The Kier molecular flexibility index (Phi) is 4.87. The van der Waals surface area contributed by atoms with Gasteiger partial charge in [0.1, 0.15) is 5.70 Å². The average molecular weight is 322 g/mol. The normalized spacial score (nSPS) is 16.1. The second-order valence-corrected chi connectivity index (χ2v) is 5.11. The van der Waals surface area contributed by atoms with Crippen LogP contribution in [0.25, 0.3) is 6.08 Å². The molecule has 6 nitrogen and oxygen atoms in total. The zero-order valence-corrected chi connectivity index (χ0v) is 13.5. The molecule has 1 fully saturated rings. The molecule has 0 bridgehead atoms. The van der Waals surface area contributed by atoms with E-state index in [0.717, 1.165) is 6.42 Å². The van der Waals surface area contributed by atoms with Gasteiger partial charge in [-0.1, -0.05) is 6.92 Å². The summed E-state index contributed by atoms with van der Waals surface area (Å²) in [6, 6.07) is 3.23. The number of rotatable bonds is 5. The predicted molar refractivity (Wildman–Crippen MR) is 86.9 cm³/mol. The lowest BCUT2D eigenvalue weighted by Crippen LogP contribution is -2.31. The monoisotopic (exact) mass is 322 g/mol. The summed E-state index contributed by atoms with van der Waals surface area (Å²) in [6.45, 7) is 2.55. The summed E-state index contributed by atoms with van der Waals surface area (Å²) < 4.78 is 10.2. The molecule has 0 saturated carbocycles. The fraction of sp³-hybridized carbons (Fsp3) is 0.333. The van der Waals surface area contributed by atoms with Crippen LogP contribution in [0.4, 0.5) is 0 Å². The van der Waals surface area contributed by atoms with E-state index in [1.807, 2.05) is 6.92 Å². The van der Waals surface area contributed by atoms with Gasteiger partial charge in [0.2, 0.25) is 5.75 Å². The van der Waals surface area contributed by atoms with Gasteiger partial charge in [0.25, 0.3) is 5.91 Å². The summed E-state index contributed by atoms with van der Waals surface area (Å²) in [5.41, 5.74) is 1.04. The Hall–Kier alpha value is -2.28. The van der Waals surface area contributed by atoms with Crippen molar-refractivity contribution < 1.29 is 19.4 Å². The molecule has 1 aliphatic heterocycles. The number of hydrogen-bond acceptors (Lipinski definition) is 5. The molecule has 0 unspecified atom stereocenters. The van der Waals surface area contributed by atoms with E-state index in [9.17, 15) is 9.90 Å². The molecule has 0 aliphatic carbocycles. The number of aromatic hydroxyl groups is 1. The number of benzene rings is 1. The molecule has 1 heterocycles. The van der Waals surface area contributed by atoms with Crippen LogP contribution in [-0.4, -0.2) is 41.8 Å². The van der Waals surface area contributed by atoms with E-state index in [4.69, 9.17) is 21.7 Å². The third-order valence-electron chi connectivity index (χ3n) is 3.22. The molecule has 1 saturated heterocycles. The lowest BCUT2D eigenvalue weighted by molar-refractivity contribution is -0.122. The van der Waals surface area contributed by atoms with Gasteiger partial charge in [-0.05, 0) is 42.4 Å². The number of nitrogens with zero attached hydrogens (tertiary/aromatic N) is 1. The van der Waals surface area contributed by atoms with Crippen molar-refractivity contribution in [2.24, 2.45) is 0 Å².